The number of nitrogens with two attached hydrogens (primary N) is 1. The third-order valence-corrected chi connectivity index (χ3v) is 2.88. The van der Waals surface area contributed by atoms with Crippen molar-refractivity contribution < 1.29 is 9.47 Å². The van der Waals surface area contributed by atoms with Gasteiger partial charge in [0.05, 0.1) is 24.2 Å². The Kier molecular flexibility index (Phi) is 3.94. The Morgan fingerprint density at radius 2 is 2.11 bits per heavy atom. The first-order valence-electron chi connectivity index (χ1n) is 6.23. The molecular formula is C14H19N3O2. The van der Waals surface area contributed by atoms with Crippen molar-refractivity contribution in [3.63, 3.8) is 0 Å². The molecule has 0 amide bonds. The molecule has 102 valence electrons. The van der Waals surface area contributed by atoms with E-state index in [1.165, 1.54) is 0 Å². The molecule has 0 saturated carbocycles. The van der Waals surface area contributed by atoms with E-state index >= 15 is 0 Å². The van der Waals surface area contributed by atoms with Crippen molar-refractivity contribution in [1.82, 2.24) is 9.78 Å². The first-order valence-corrected chi connectivity index (χ1v) is 6.23. The zero-order valence-corrected chi connectivity index (χ0v) is 11.5. The molecule has 0 aliphatic heterocycles. The highest BCUT2D eigenvalue weighted by Gasteiger charge is 2.07. The van der Waals surface area contributed by atoms with Crippen molar-refractivity contribution in [2.24, 2.45) is 0 Å². The van der Waals surface area contributed by atoms with Gasteiger partial charge in [-0.05, 0) is 32.0 Å². The van der Waals surface area contributed by atoms with Crippen LogP contribution >= 0.6 is 0 Å². The number of anilines is 1. The Morgan fingerprint density at radius 1 is 1.32 bits per heavy atom. The Balaban J connectivity index is 2.09. The molecule has 1 aromatic heterocycles. The average molecular weight is 261 g/mol. The van der Waals surface area contributed by atoms with Gasteiger partial charge in [0.1, 0.15) is 18.1 Å². The second-order valence-corrected chi connectivity index (χ2v) is 4.29. The van der Waals surface area contributed by atoms with Crippen LogP contribution in [0, 0.1) is 6.92 Å². The lowest BCUT2D eigenvalue weighted by atomic mass is 10.3. The Labute approximate surface area is 112 Å². The van der Waals surface area contributed by atoms with Gasteiger partial charge in [-0.15, -0.1) is 0 Å². The van der Waals surface area contributed by atoms with E-state index in [4.69, 9.17) is 15.2 Å². The SMILES string of the molecule is CCn1nc(C)cc1COc1ccc(OC)cc1N. The lowest BCUT2D eigenvalue weighted by Crippen LogP contribution is -2.07. The monoisotopic (exact) mass is 261 g/mol. The smallest absolute Gasteiger partial charge is 0.143 e. The third kappa shape index (κ3) is 2.99. The van der Waals surface area contributed by atoms with Crippen molar-refractivity contribution in [2.75, 3.05) is 12.8 Å². The summed E-state index contributed by atoms with van der Waals surface area (Å²) in [7, 11) is 1.61. The van der Waals surface area contributed by atoms with Crippen LogP contribution in [0.15, 0.2) is 24.3 Å². The Bertz CT molecular complexity index is 564. The maximum absolute atomic E-state index is 5.91. The summed E-state index contributed by atoms with van der Waals surface area (Å²) >= 11 is 0. The number of aryl methyl sites for hydroxylation is 2. The van der Waals surface area contributed by atoms with Crippen LogP contribution in [0.2, 0.25) is 0 Å². The van der Waals surface area contributed by atoms with Crippen LogP contribution in [0.25, 0.3) is 0 Å². The van der Waals surface area contributed by atoms with Crippen molar-refractivity contribution in [1.29, 1.82) is 0 Å². The van der Waals surface area contributed by atoms with Crippen LogP contribution in [0.3, 0.4) is 0 Å². The summed E-state index contributed by atoms with van der Waals surface area (Å²) in [5, 5.41) is 4.38. The van der Waals surface area contributed by atoms with Gasteiger partial charge in [-0.2, -0.15) is 5.10 Å². The summed E-state index contributed by atoms with van der Waals surface area (Å²) in [6.45, 7) is 5.30. The lowest BCUT2D eigenvalue weighted by molar-refractivity contribution is 0.293. The number of hydrogen-bond donors (Lipinski definition) is 1. The molecule has 2 N–H and O–H groups in total. The highest BCUT2D eigenvalue weighted by molar-refractivity contribution is 5.56. The van der Waals surface area contributed by atoms with Crippen molar-refractivity contribution >= 4 is 5.69 Å². The van der Waals surface area contributed by atoms with E-state index in [-0.39, 0.29) is 0 Å². The fourth-order valence-electron chi connectivity index (χ4n) is 1.93. The number of benzene rings is 1. The molecule has 0 bridgehead atoms. The molecule has 0 saturated heterocycles. The minimum Gasteiger partial charge on any atom is -0.497 e. The average Bonchev–Trinajstić information content (AvgIpc) is 2.77. The number of methoxy groups -OCH3 is 1. The van der Waals surface area contributed by atoms with Crippen molar-refractivity contribution in [2.45, 2.75) is 27.0 Å². The van der Waals surface area contributed by atoms with Gasteiger partial charge in [0.2, 0.25) is 0 Å². The van der Waals surface area contributed by atoms with Crippen LogP contribution in [0.4, 0.5) is 5.69 Å². The Morgan fingerprint density at radius 3 is 2.74 bits per heavy atom. The third-order valence-electron chi connectivity index (χ3n) is 2.88. The number of hydrogen-bond acceptors (Lipinski definition) is 4. The van der Waals surface area contributed by atoms with Crippen LogP contribution in [-0.4, -0.2) is 16.9 Å². The van der Waals surface area contributed by atoms with Crippen LogP contribution in [0.1, 0.15) is 18.3 Å². The molecule has 0 aliphatic carbocycles. The minimum absolute atomic E-state index is 0.450. The normalized spacial score (nSPS) is 10.5. The molecule has 2 aromatic rings. The number of nitrogen functional groups attached to an aromatic ring is 1. The lowest BCUT2D eigenvalue weighted by Gasteiger charge is -2.10. The fraction of sp³-hybridized carbons (Fsp3) is 0.357. The number of nitrogens with zero attached hydrogens (tertiary/aromatic N) is 2. The largest absolute Gasteiger partial charge is 0.497 e. The van der Waals surface area contributed by atoms with E-state index in [9.17, 15) is 0 Å². The zero-order valence-electron chi connectivity index (χ0n) is 11.5. The molecule has 0 fully saturated rings. The summed E-state index contributed by atoms with van der Waals surface area (Å²) in [4.78, 5) is 0. The van der Waals surface area contributed by atoms with E-state index in [1.807, 2.05) is 29.8 Å². The van der Waals surface area contributed by atoms with Crippen LogP contribution in [-0.2, 0) is 13.2 Å². The van der Waals surface area contributed by atoms with Gasteiger partial charge >= 0.3 is 0 Å². The summed E-state index contributed by atoms with van der Waals surface area (Å²) < 4.78 is 12.8. The van der Waals surface area contributed by atoms with Gasteiger partial charge in [0.15, 0.2) is 0 Å². The topological polar surface area (TPSA) is 62.3 Å². The first-order chi connectivity index (χ1) is 9.13. The molecule has 1 aromatic carbocycles. The first kappa shape index (κ1) is 13.3. The molecule has 0 radical (unpaired) electrons. The predicted molar refractivity (Wildman–Crippen MR) is 74.4 cm³/mol. The molecule has 0 atom stereocenters. The summed E-state index contributed by atoms with van der Waals surface area (Å²) in [5.74, 6) is 1.38. The molecule has 5 heteroatoms. The summed E-state index contributed by atoms with van der Waals surface area (Å²) in [6.07, 6.45) is 0. The molecule has 0 unspecified atom stereocenters. The van der Waals surface area contributed by atoms with E-state index in [2.05, 4.69) is 12.0 Å². The summed E-state index contributed by atoms with van der Waals surface area (Å²) in [5.41, 5.74) is 8.50. The zero-order chi connectivity index (χ0) is 13.8. The number of aromatic nitrogens is 2. The number of rotatable bonds is 5. The van der Waals surface area contributed by atoms with E-state index in [0.717, 1.165) is 23.7 Å². The van der Waals surface area contributed by atoms with E-state index in [1.54, 1.807) is 13.2 Å². The fourth-order valence-corrected chi connectivity index (χ4v) is 1.93. The molecule has 0 spiro atoms. The second-order valence-electron chi connectivity index (χ2n) is 4.29. The standard InChI is InChI=1S/C14H19N3O2/c1-4-17-11(7-10(2)16-17)9-19-14-6-5-12(18-3)8-13(14)15/h5-8H,4,9,15H2,1-3H3. The van der Waals surface area contributed by atoms with Gasteiger partial charge in [0.25, 0.3) is 0 Å². The van der Waals surface area contributed by atoms with Crippen LogP contribution in [0.5, 0.6) is 11.5 Å². The highest BCUT2D eigenvalue weighted by Crippen LogP contribution is 2.26. The Hall–Kier alpha value is -2.17. The van der Waals surface area contributed by atoms with Crippen LogP contribution < -0.4 is 15.2 Å². The van der Waals surface area contributed by atoms with Gasteiger partial charge < -0.3 is 15.2 Å². The van der Waals surface area contributed by atoms with Crippen molar-refractivity contribution in [3.05, 3.63) is 35.7 Å². The quantitative estimate of drug-likeness (QED) is 0.839. The van der Waals surface area contributed by atoms with Crippen molar-refractivity contribution in [3.8, 4) is 11.5 Å². The van der Waals surface area contributed by atoms with Gasteiger partial charge in [-0.1, -0.05) is 0 Å². The second kappa shape index (κ2) is 5.65. The maximum atomic E-state index is 5.91. The van der Waals surface area contributed by atoms with E-state index < -0.39 is 0 Å². The van der Waals surface area contributed by atoms with Gasteiger partial charge in [0, 0.05) is 12.6 Å². The molecular weight excluding hydrogens is 242 g/mol. The molecule has 0 aliphatic rings. The van der Waals surface area contributed by atoms with E-state index in [0.29, 0.717) is 18.0 Å². The molecule has 2 rings (SSSR count). The predicted octanol–water partition coefficient (Wildman–Crippen LogP) is 2.38. The molecule has 5 nitrogen and oxygen atoms in total. The van der Waals surface area contributed by atoms with Gasteiger partial charge in [-0.25, -0.2) is 0 Å². The molecule has 1 heterocycles. The molecule has 19 heavy (non-hydrogen) atoms. The maximum Gasteiger partial charge on any atom is 0.143 e. The minimum atomic E-state index is 0.450. The summed E-state index contributed by atoms with van der Waals surface area (Å²) in [6, 6.07) is 7.41. The van der Waals surface area contributed by atoms with Gasteiger partial charge in [-0.3, -0.25) is 4.68 Å². The highest BCUT2D eigenvalue weighted by atomic mass is 16.5. The number of ether oxygens (including phenoxy) is 2.